The number of fused-ring (bicyclic) bond motifs is 1. The van der Waals surface area contributed by atoms with Gasteiger partial charge in [-0.3, -0.25) is 9.78 Å². The van der Waals surface area contributed by atoms with E-state index in [0.717, 1.165) is 0 Å². The number of rotatable bonds is 1. The van der Waals surface area contributed by atoms with Gasteiger partial charge in [0, 0.05) is 24.7 Å². The van der Waals surface area contributed by atoms with E-state index in [0.29, 0.717) is 6.61 Å². The first-order valence-corrected chi connectivity index (χ1v) is 5.57. The van der Waals surface area contributed by atoms with Gasteiger partial charge in [0.2, 0.25) is 0 Å². The fourth-order valence-electron chi connectivity index (χ4n) is 1.41. The molecule has 0 atom stereocenters. The van der Waals surface area contributed by atoms with Crippen LogP contribution in [0.2, 0.25) is 0 Å². The molecule has 1 aromatic carbocycles. The second-order valence-electron chi connectivity index (χ2n) is 3.65. The Hall–Kier alpha value is -1.42. The molecule has 0 saturated heterocycles. The van der Waals surface area contributed by atoms with E-state index in [1.165, 1.54) is 23.3 Å². The van der Waals surface area contributed by atoms with E-state index >= 15 is 0 Å². The van der Waals surface area contributed by atoms with Crippen LogP contribution in [0.3, 0.4) is 0 Å². The molecule has 0 radical (unpaired) electrons. The molecule has 3 nitrogen and oxygen atoms in total. The second kappa shape index (κ2) is 8.64. The highest BCUT2D eigenvalue weighted by Crippen LogP contribution is 2.12. The molecule has 1 heterocycles. The Morgan fingerprint density at radius 1 is 1.28 bits per heavy atom. The molecule has 98 valence electrons. The van der Waals surface area contributed by atoms with Crippen molar-refractivity contribution in [2.75, 3.05) is 6.61 Å². The highest BCUT2D eigenvalue weighted by molar-refractivity contribution is 8.93. The average molecular weight is 312 g/mol. The molecule has 0 aliphatic rings. The lowest BCUT2D eigenvalue weighted by atomic mass is 10.1. The lowest BCUT2D eigenvalue weighted by Crippen LogP contribution is -1.95. The number of hydrogen-bond donors (Lipinski definition) is 0. The molecule has 4 heteroatoms. The van der Waals surface area contributed by atoms with E-state index in [4.69, 9.17) is 0 Å². The zero-order valence-electron chi connectivity index (χ0n) is 10.8. The maximum Gasteiger partial charge on any atom is 0.302 e. The number of halogens is 1. The zero-order chi connectivity index (χ0) is 12.7. The molecule has 2 aromatic rings. The number of hydrogen-bond acceptors (Lipinski definition) is 3. The first kappa shape index (κ1) is 16.6. The molecule has 0 saturated carbocycles. The van der Waals surface area contributed by atoms with E-state index < -0.39 is 0 Å². The van der Waals surface area contributed by atoms with Crippen molar-refractivity contribution in [3.63, 3.8) is 0 Å². The van der Waals surface area contributed by atoms with Gasteiger partial charge < -0.3 is 4.74 Å². The summed E-state index contributed by atoms with van der Waals surface area (Å²) < 4.78 is 4.40. The summed E-state index contributed by atoms with van der Waals surface area (Å²) in [5.74, 6) is -0.211. The molecule has 0 aliphatic carbocycles. The van der Waals surface area contributed by atoms with Gasteiger partial charge in [-0.2, -0.15) is 0 Å². The van der Waals surface area contributed by atoms with Crippen LogP contribution in [-0.4, -0.2) is 17.6 Å². The van der Waals surface area contributed by atoms with E-state index in [9.17, 15) is 4.79 Å². The Labute approximate surface area is 118 Å². The summed E-state index contributed by atoms with van der Waals surface area (Å²) in [7, 11) is 0. The predicted octanol–water partition coefficient (Wildman–Crippen LogP) is 3.69. The molecule has 0 unspecified atom stereocenters. The van der Waals surface area contributed by atoms with Gasteiger partial charge in [-0.25, -0.2) is 0 Å². The lowest BCUT2D eigenvalue weighted by Gasteiger charge is -1.96. The maximum atomic E-state index is 9.82. The van der Waals surface area contributed by atoms with Crippen LogP contribution >= 0.6 is 17.0 Å². The number of benzene rings is 1. The Balaban J connectivity index is 0.000000362. The normalized spacial score (nSPS) is 8.83. The minimum absolute atomic E-state index is 0. The summed E-state index contributed by atoms with van der Waals surface area (Å²) in [6.07, 6.45) is 3.70. The maximum absolute atomic E-state index is 9.82. The molecule has 0 fully saturated rings. The molecule has 2 rings (SSSR count). The first-order chi connectivity index (χ1) is 8.13. The first-order valence-electron chi connectivity index (χ1n) is 5.57. The van der Waals surface area contributed by atoms with Crippen molar-refractivity contribution in [2.24, 2.45) is 0 Å². The van der Waals surface area contributed by atoms with Crippen LogP contribution in [0, 0.1) is 6.92 Å². The van der Waals surface area contributed by atoms with Crippen LogP contribution in [0.5, 0.6) is 0 Å². The van der Waals surface area contributed by atoms with Crippen molar-refractivity contribution in [3.8, 4) is 0 Å². The second-order valence-corrected chi connectivity index (χ2v) is 3.65. The summed E-state index contributed by atoms with van der Waals surface area (Å²) in [6.45, 7) is 5.75. The summed E-state index contributed by atoms with van der Waals surface area (Å²) in [5, 5.41) is 2.47. The Morgan fingerprint density at radius 2 is 2.00 bits per heavy atom. The minimum atomic E-state index is -0.211. The molecule has 0 N–H and O–H groups in total. The quantitative estimate of drug-likeness (QED) is 0.754. The van der Waals surface area contributed by atoms with Gasteiger partial charge >= 0.3 is 5.97 Å². The number of nitrogens with zero attached hydrogens (tertiary/aromatic N) is 1. The molecule has 0 aliphatic heterocycles. The molecule has 18 heavy (non-hydrogen) atoms. The smallest absolute Gasteiger partial charge is 0.302 e. The van der Waals surface area contributed by atoms with Crippen molar-refractivity contribution in [3.05, 3.63) is 42.2 Å². The molecule has 1 aromatic heterocycles. The van der Waals surface area contributed by atoms with Crippen molar-refractivity contribution in [1.29, 1.82) is 0 Å². The summed E-state index contributed by atoms with van der Waals surface area (Å²) >= 11 is 0. The molecule has 0 amide bonds. The summed E-state index contributed by atoms with van der Waals surface area (Å²) in [5.41, 5.74) is 1.30. The molecular formula is C14H18BrNO2. The molecular weight excluding hydrogens is 294 g/mol. The number of esters is 1. The third kappa shape index (κ3) is 5.77. The number of pyridine rings is 1. The highest BCUT2D eigenvalue weighted by Gasteiger charge is 1.90. The van der Waals surface area contributed by atoms with E-state index in [2.05, 4.69) is 34.8 Å². The molecule has 0 bridgehead atoms. The van der Waals surface area contributed by atoms with Crippen LogP contribution in [0.4, 0.5) is 0 Å². The number of carbonyl (C=O) groups is 1. The van der Waals surface area contributed by atoms with Crippen LogP contribution < -0.4 is 0 Å². The van der Waals surface area contributed by atoms with Crippen molar-refractivity contribution in [1.82, 2.24) is 4.98 Å². The predicted molar refractivity (Wildman–Crippen MR) is 79.1 cm³/mol. The summed E-state index contributed by atoms with van der Waals surface area (Å²) in [6, 6.07) is 8.39. The number of aromatic nitrogens is 1. The van der Waals surface area contributed by atoms with Crippen LogP contribution in [-0.2, 0) is 9.53 Å². The van der Waals surface area contributed by atoms with Gasteiger partial charge in [0.05, 0.1) is 6.61 Å². The average Bonchev–Trinajstić information content (AvgIpc) is 2.29. The van der Waals surface area contributed by atoms with Gasteiger partial charge in [0.1, 0.15) is 0 Å². The number of ether oxygens (including phenoxy) is 1. The van der Waals surface area contributed by atoms with Crippen molar-refractivity contribution < 1.29 is 9.53 Å². The Bertz CT molecular complexity index is 500. The van der Waals surface area contributed by atoms with Gasteiger partial charge in [0.25, 0.3) is 0 Å². The van der Waals surface area contributed by atoms with Crippen LogP contribution in [0.25, 0.3) is 10.8 Å². The molecule has 0 spiro atoms. The fourth-order valence-corrected chi connectivity index (χ4v) is 1.41. The number of carbonyl (C=O) groups excluding carboxylic acids is 1. The Morgan fingerprint density at radius 3 is 2.56 bits per heavy atom. The Kier molecular flexibility index (Phi) is 7.96. The zero-order valence-corrected chi connectivity index (χ0v) is 12.6. The van der Waals surface area contributed by atoms with Crippen molar-refractivity contribution >= 4 is 33.7 Å². The van der Waals surface area contributed by atoms with E-state index in [-0.39, 0.29) is 23.0 Å². The van der Waals surface area contributed by atoms with Crippen molar-refractivity contribution in [2.45, 2.75) is 20.8 Å². The van der Waals surface area contributed by atoms with Crippen LogP contribution in [0.1, 0.15) is 19.4 Å². The minimum Gasteiger partial charge on any atom is -0.466 e. The summed E-state index contributed by atoms with van der Waals surface area (Å²) in [4.78, 5) is 13.9. The van der Waals surface area contributed by atoms with Gasteiger partial charge in [0.15, 0.2) is 0 Å². The van der Waals surface area contributed by atoms with E-state index in [1.54, 1.807) is 6.92 Å². The van der Waals surface area contributed by atoms with Crippen LogP contribution in [0.15, 0.2) is 36.7 Å². The SMILES string of the molecule is Br.CCOC(C)=O.Cc1ccc2cnccc2c1. The highest BCUT2D eigenvalue weighted by atomic mass is 79.9. The standard InChI is InChI=1S/C10H9N.C4H8O2.BrH/c1-8-2-3-10-7-11-5-4-9(10)6-8;1-3-6-4(2)5;/h2-7H,1H3;3H2,1-2H3;1H. The fraction of sp³-hybridized carbons (Fsp3) is 0.286. The third-order valence-electron chi connectivity index (χ3n) is 2.14. The van der Waals surface area contributed by atoms with Gasteiger partial charge in [-0.1, -0.05) is 23.8 Å². The number of aryl methyl sites for hydroxylation is 1. The largest absolute Gasteiger partial charge is 0.466 e. The van der Waals surface area contributed by atoms with Gasteiger partial charge in [-0.15, -0.1) is 17.0 Å². The topological polar surface area (TPSA) is 39.2 Å². The monoisotopic (exact) mass is 311 g/mol. The lowest BCUT2D eigenvalue weighted by molar-refractivity contribution is -0.140. The van der Waals surface area contributed by atoms with E-state index in [1.807, 2.05) is 18.5 Å². The van der Waals surface area contributed by atoms with Gasteiger partial charge in [-0.05, 0) is 25.3 Å². The third-order valence-corrected chi connectivity index (χ3v) is 2.14.